The topological polar surface area (TPSA) is 64.9 Å². The molecule has 0 saturated heterocycles. The van der Waals surface area contributed by atoms with Crippen molar-refractivity contribution >= 4 is 29.0 Å². The number of aromatic nitrogens is 1. The fourth-order valence-corrected chi connectivity index (χ4v) is 10.2. The number of nitrogens with two attached hydrogens (primary N) is 1. The molecular formula is C52H54N4O. The summed E-state index contributed by atoms with van der Waals surface area (Å²) in [7, 11) is 0. The smallest absolute Gasteiger partial charge is 0.152 e. The molecule has 0 spiro atoms. The Morgan fingerprint density at radius 2 is 1.77 bits per heavy atom. The van der Waals surface area contributed by atoms with E-state index in [1.807, 2.05) is 6.07 Å². The number of aliphatic imine (C=N–C) groups is 2. The summed E-state index contributed by atoms with van der Waals surface area (Å²) in [6.07, 6.45) is 40.2. The zero-order chi connectivity index (χ0) is 38.3. The maximum Gasteiger partial charge on any atom is 0.152 e. The minimum absolute atomic E-state index is 0.00924. The van der Waals surface area contributed by atoms with E-state index in [4.69, 9.17) is 20.5 Å². The van der Waals surface area contributed by atoms with Crippen LogP contribution < -0.4 is 10.5 Å². The van der Waals surface area contributed by atoms with Crippen molar-refractivity contribution < 1.29 is 4.74 Å². The molecule has 2 heterocycles. The lowest BCUT2D eigenvalue weighted by Crippen LogP contribution is -2.25. The van der Waals surface area contributed by atoms with Gasteiger partial charge in [-0.3, -0.25) is 4.99 Å². The Kier molecular flexibility index (Phi) is 9.77. The highest BCUT2D eigenvalue weighted by molar-refractivity contribution is 6.07. The van der Waals surface area contributed by atoms with Crippen LogP contribution in [0.4, 0.5) is 0 Å². The van der Waals surface area contributed by atoms with Crippen LogP contribution >= 0.6 is 0 Å². The second kappa shape index (κ2) is 15.5. The lowest BCUT2D eigenvalue weighted by Gasteiger charge is -2.27. The van der Waals surface area contributed by atoms with Gasteiger partial charge in [0.1, 0.15) is 17.3 Å². The molecular weight excluding hydrogens is 697 g/mol. The van der Waals surface area contributed by atoms with Crippen LogP contribution in [0.25, 0.3) is 17.3 Å². The first-order valence-corrected chi connectivity index (χ1v) is 21.6. The van der Waals surface area contributed by atoms with Gasteiger partial charge in [0.25, 0.3) is 0 Å². The third kappa shape index (κ3) is 7.00. The Bertz CT molecular complexity index is 2400. The van der Waals surface area contributed by atoms with Gasteiger partial charge in [-0.2, -0.15) is 0 Å². The Labute approximate surface area is 338 Å². The minimum atomic E-state index is 0.00924. The number of rotatable bonds is 7. The Morgan fingerprint density at radius 3 is 2.60 bits per heavy atom. The maximum absolute atomic E-state index is 6.77. The van der Waals surface area contributed by atoms with Gasteiger partial charge >= 0.3 is 0 Å². The first kappa shape index (κ1) is 36.0. The van der Waals surface area contributed by atoms with E-state index in [2.05, 4.69) is 121 Å². The monoisotopic (exact) mass is 750 g/mol. The van der Waals surface area contributed by atoms with Crippen LogP contribution in [0.2, 0.25) is 0 Å². The number of fused-ring (bicyclic) bond motifs is 6. The third-order valence-corrected chi connectivity index (χ3v) is 13.3. The van der Waals surface area contributed by atoms with Gasteiger partial charge in [0.05, 0.1) is 6.04 Å². The third-order valence-electron chi connectivity index (χ3n) is 13.3. The van der Waals surface area contributed by atoms with Crippen molar-refractivity contribution in [2.75, 3.05) is 0 Å². The van der Waals surface area contributed by atoms with Crippen molar-refractivity contribution in [3.63, 3.8) is 0 Å². The molecule has 1 aromatic heterocycles. The van der Waals surface area contributed by atoms with E-state index in [1.54, 1.807) is 11.1 Å². The molecule has 4 unspecified atom stereocenters. The van der Waals surface area contributed by atoms with Gasteiger partial charge in [0.2, 0.25) is 0 Å². The van der Waals surface area contributed by atoms with Crippen LogP contribution in [-0.4, -0.2) is 16.2 Å². The summed E-state index contributed by atoms with van der Waals surface area (Å²) in [4.78, 5) is 10.1. The first-order valence-electron chi connectivity index (χ1n) is 21.6. The summed E-state index contributed by atoms with van der Waals surface area (Å²) in [6.45, 7) is 2.14. The molecule has 6 aliphatic carbocycles. The van der Waals surface area contributed by atoms with Crippen LogP contribution in [0.15, 0.2) is 136 Å². The molecule has 5 heteroatoms. The summed E-state index contributed by atoms with van der Waals surface area (Å²) >= 11 is 0. The number of ether oxygens (including phenoxy) is 1. The Morgan fingerprint density at radius 1 is 0.860 bits per heavy atom. The highest BCUT2D eigenvalue weighted by Crippen LogP contribution is 2.48. The molecule has 0 bridgehead atoms. The number of allylic oxidation sites excluding steroid dienone is 13. The van der Waals surface area contributed by atoms with Gasteiger partial charge < -0.3 is 15.0 Å². The van der Waals surface area contributed by atoms with Crippen molar-refractivity contribution in [2.45, 2.75) is 102 Å². The average molecular weight is 751 g/mol. The maximum atomic E-state index is 6.77. The second-order valence-electron chi connectivity index (χ2n) is 16.9. The summed E-state index contributed by atoms with van der Waals surface area (Å²) in [5.41, 5.74) is 21.8. The molecule has 5 nitrogen and oxygen atoms in total. The summed E-state index contributed by atoms with van der Waals surface area (Å²) in [5, 5.41) is 0. The summed E-state index contributed by atoms with van der Waals surface area (Å²) < 4.78 is 9.38. The minimum Gasteiger partial charge on any atom is -0.461 e. The number of amidine groups is 2. The van der Waals surface area contributed by atoms with Crippen LogP contribution in [0.3, 0.4) is 0 Å². The molecule has 4 atom stereocenters. The molecule has 57 heavy (non-hydrogen) atoms. The highest BCUT2D eigenvalue weighted by Gasteiger charge is 2.35. The predicted molar refractivity (Wildman–Crippen MR) is 236 cm³/mol. The Hall–Kier alpha value is -5.42. The van der Waals surface area contributed by atoms with Crippen LogP contribution in [0.1, 0.15) is 122 Å². The summed E-state index contributed by atoms with van der Waals surface area (Å²) in [6, 6.07) is 17.3. The van der Waals surface area contributed by atoms with E-state index in [-0.39, 0.29) is 17.9 Å². The van der Waals surface area contributed by atoms with Gasteiger partial charge in [-0.1, -0.05) is 103 Å². The molecule has 2 aromatic carbocycles. The lowest BCUT2D eigenvalue weighted by molar-refractivity contribution is 0.425. The predicted octanol–water partition coefficient (Wildman–Crippen LogP) is 12.1. The molecule has 0 fully saturated rings. The van der Waals surface area contributed by atoms with Gasteiger partial charge in [0.15, 0.2) is 5.84 Å². The van der Waals surface area contributed by atoms with E-state index < -0.39 is 0 Å². The van der Waals surface area contributed by atoms with Crippen LogP contribution in [-0.2, 0) is 19.3 Å². The SMILES string of the molecule is CC(N=C(N=C(N)C1C=CC(c2ccc3c(c2)OC2=CC(n4c5c(c6c4CCC(C4=CCCC=C4)C6)C=CCC5)=CCC23)=CC1)C1=CCCCC1)c1ccccc1. The second-order valence-corrected chi connectivity index (χ2v) is 16.9. The van der Waals surface area contributed by atoms with Gasteiger partial charge in [0, 0.05) is 40.6 Å². The molecule has 2 N–H and O–H groups in total. The van der Waals surface area contributed by atoms with E-state index in [1.165, 1.54) is 82.6 Å². The quantitative estimate of drug-likeness (QED) is 0.193. The molecule has 10 rings (SSSR count). The molecule has 3 aromatic rings. The largest absolute Gasteiger partial charge is 0.461 e. The fraction of sp³-hybridized carbons (Fsp3) is 0.346. The molecule has 0 saturated carbocycles. The van der Waals surface area contributed by atoms with E-state index in [0.717, 1.165) is 68.7 Å². The molecule has 1 aliphatic heterocycles. The molecule has 288 valence electrons. The van der Waals surface area contributed by atoms with Crippen molar-refractivity contribution in [1.82, 2.24) is 4.57 Å². The molecule has 0 radical (unpaired) electrons. The average Bonchev–Trinajstić information content (AvgIpc) is 3.81. The molecule has 0 amide bonds. The number of benzene rings is 2. The molecule has 7 aliphatic rings. The first-order chi connectivity index (χ1) is 28.1. The van der Waals surface area contributed by atoms with Crippen LogP contribution in [0.5, 0.6) is 5.75 Å². The fourth-order valence-electron chi connectivity index (χ4n) is 10.2. The highest BCUT2D eigenvalue weighted by atomic mass is 16.5. The van der Waals surface area contributed by atoms with Gasteiger partial charge in [-0.05, 0) is 141 Å². The van der Waals surface area contributed by atoms with Crippen LogP contribution in [0, 0.1) is 11.8 Å². The normalized spacial score (nSPS) is 24.5. The standard InChI is InChI=1S/C52H54N4O/c1-34(35-13-5-2-6-14-35)54-52(39-17-9-4-10-18-39)55-51(53)38-23-21-37(22-24-38)41-25-28-44-45-29-27-42(33-50(45)57-49(44)32-41)56-47-20-12-11-19-43(47)46-31-40(26-30-48(46)56)36-15-7-3-8-16-36/h2,5-7,11,13-17,19,21-23,25,27-28,32-34,38,40,45H,3-4,8-10,12,18,20,24,26,29-31H2,1H3,(H2,53,54,55). The number of hydrogen-bond acceptors (Lipinski definition) is 2. The van der Waals surface area contributed by atoms with Crippen molar-refractivity contribution in [3.05, 3.63) is 165 Å². The lowest BCUT2D eigenvalue weighted by atomic mass is 9.79. The van der Waals surface area contributed by atoms with Crippen molar-refractivity contribution in [1.29, 1.82) is 0 Å². The van der Waals surface area contributed by atoms with Crippen molar-refractivity contribution in [3.8, 4) is 5.75 Å². The van der Waals surface area contributed by atoms with Gasteiger partial charge in [-0.15, -0.1) is 0 Å². The zero-order valence-electron chi connectivity index (χ0n) is 33.3. The van der Waals surface area contributed by atoms with E-state index >= 15 is 0 Å². The van der Waals surface area contributed by atoms with Crippen molar-refractivity contribution in [2.24, 2.45) is 27.6 Å². The summed E-state index contributed by atoms with van der Waals surface area (Å²) in [5.74, 6) is 4.42. The van der Waals surface area contributed by atoms with Gasteiger partial charge in [-0.25, -0.2) is 4.99 Å². The zero-order valence-corrected chi connectivity index (χ0v) is 33.3. The van der Waals surface area contributed by atoms with E-state index in [9.17, 15) is 0 Å². The van der Waals surface area contributed by atoms with E-state index in [0.29, 0.717) is 11.8 Å². The Balaban J connectivity index is 0.858. The number of nitrogens with zero attached hydrogens (tertiary/aromatic N) is 3. The number of hydrogen-bond donors (Lipinski definition) is 1.